The molecule has 1 aliphatic rings. The minimum atomic E-state index is -0.217. The summed E-state index contributed by atoms with van der Waals surface area (Å²) in [6.07, 6.45) is 3.16. The second-order valence-corrected chi connectivity index (χ2v) is 8.85. The van der Waals surface area contributed by atoms with Gasteiger partial charge in [-0.2, -0.15) is 0 Å². The number of amides is 3. The average molecular weight is 470 g/mol. The SMILES string of the molecule is O=C(Nc1cccc(C(=O)N2CCC(C(=O)NCCCc3ccccc3)CC2)c1)c1ccccc1. The van der Waals surface area contributed by atoms with Crippen LogP contribution in [-0.4, -0.2) is 42.3 Å². The highest BCUT2D eigenvalue weighted by molar-refractivity contribution is 6.05. The van der Waals surface area contributed by atoms with Crippen LogP contribution in [0.2, 0.25) is 0 Å². The highest BCUT2D eigenvalue weighted by atomic mass is 16.2. The maximum atomic E-state index is 13.0. The maximum Gasteiger partial charge on any atom is 0.255 e. The van der Waals surface area contributed by atoms with Gasteiger partial charge in [0.1, 0.15) is 0 Å². The zero-order valence-corrected chi connectivity index (χ0v) is 19.8. The summed E-state index contributed by atoms with van der Waals surface area (Å²) in [4.78, 5) is 39.8. The number of benzene rings is 3. The lowest BCUT2D eigenvalue weighted by Crippen LogP contribution is -2.43. The topological polar surface area (TPSA) is 78.5 Å². The monoisotopic (exact) mass is 469 g/mol. The summed E-state index contributed by atoms with van der Waals surface area (Å²) in [5, 5.41) is 5.91. The van der Waals surface area contributed by atoms with Crippen molar-refractivity contribution < 1.29 is 14.4 Å². The summed E-state index contributed by atoms with van der Waals surface area (Å²) in [6.45, 7) is 1.75. The van der Waals surface area contributed by atoms with Crippen molar-refractivity contribution in [3.05, 3.63) is 102 Å². The van der Waals surface area contributed by atoms with Gasteiger partial charge in [-0.15, -0.1) is 0 Å². The summed E-state index contributed by atoms with van der Waals surface area (Å²) in [5.74, 6) is -0.281. The number of carbonyl (C=O) groups excluding carboxylic acids is 3. The van der Waals surface area contributed by atoms with E-state index in [0.717, 1.165) is 12.8 Å². The fraction of sp³-hybridized carbons (Fsp3) is 0.276. The van der Waals surface area contributed by atoms with E-state index in [1.54, 1.807) is 41.3 Å². The van der Waals surface area contributed by atoms with Gasteiger partial charge in [0.25, 0.3) is 11.8 Å². The van der Waals surface area contributed by atoms with Crippen molar-refractivity contribution in [3.63, 3.8) is 0 Å². The molecule has 1 saturated heterocycles. The van der Waals surface area contributed by atoms with Gasteiger partial charge in [0, 0.05) is 42.4 Å². The number of anilines is 1. The minimum absolute atomic E-state index is 0.0627. The number of piperidine rings is 1. The van der Waals surface area contributed by atoms with Crippen LogP contribution in [0, 0.1) is 5.92 Å². The number of hydrogen-bond acceptors (Lipinski definition) is 3. The van der Waals surface area contributed by atoms with Crippen LogP contribution in [-0.2, 0) is 11.2 Å². The third kappa shape index (κ3) is 6.79. The largest absolute Gasteiger partial charge is 0.356 e. The van der Waals surface area contributed by atoms with Crippen LogP contribution >= 0.6 is 0 Å². The van der Waals surface area contributed by atoms with Crippen LogP contribution < -0.4 is 10.6 Å². The number of likely N-dealkylation sites (tertiary alicyclic amines) is 1. The number of rotatable bonds is 8. The van der Waals surface area contributed by atoms with Crippen LogP contribution in [0.4, 0.5) is 5.69 Å². The number of carbonyl (C=O) groups is 3. The molecule has 1 fully saturated rings. The van der Waals surface area contributed by atoms with Gasteiger partial charge in [0.15, 0.2) is 0 Å². The molecule has 3 aromatic carbocycles. The Morgan fingerprint density at radius 3 is 2.17 bits per heavy atom. The molecule has 0 radical (unpaired) electrons. The Hall–Kier alpha value is -3.93. The summed E-state index contributed by atoms with van der Waals surface area (Å²) < 4.78 is 0. The Morgan fingerprint density at radius 2 is 1.46 bits per heavy atom. The van der Waals surface area contributed by atoms with Gasteiger partial charge in [-0.1, -0.05) is 54.6 Å². The first-order valence-electron chi connectivity index (χ1n) is 12.2. The Kier molecular flexibility index (Phi) is 8.28. The fourth-order valence-corrected chi connectivity index (χ4v) is 4.34. The van der Waals surface area contributed by atoms with Crippen LogP contribution in [0.15, 0.2) is 84.9 Å². The van der Waals surface area contributed by atoms with E-state index in [-0.39, 0.29) is 23.6 Å². The molecule has 6 heteroatoms. The average Bonchev–Trinajstić information content (AvgIpc) is 2.92. The van der Waals surface area contributed by atoms with Crippen molar-refractivity contribution in [3.8, 4) is 0 Å². The Labute approximate surface area is 206 Å². The molecule has 1 aliphatic heterocycles. The molecule has 0 saturated carbocycles. The van der Waals surface area contributed by atoms with Crippen LogP contribution in [0.3, 0.4) is 0 Å². The quantitative estimate of drug-likeness (QED) is 0.476. The minimum Gasteiger partial charge on any atom is -0.356 e. The zero-order chi connectivity index (χ0) is 24.5. The van der Waals surface area contributed by atoms with E-state index in [1.807, 2.05) is 36.4 Å². The van der Waals surface area contributed by atoms with Crippen molar-refractivity contribution in [2.24, 2.45) is 5.92 Å². The zero-order valence-electron chi connectivity index (χ0n) is 19.8. The molecule has 180 valence electrons. The van der Waals surface area contributed by atoms with Crippen LogP contribution in [0.5, 0.6) is 0 Å². The lowest BCUT2D eigenvalue weighted by molar-refractivity contribution is -0.126. The molecule has 0 atom stereocenters. The van der Waals surface area contributed by atoms with E-state index in [2.05, 4.69) is 22.8 Å². The first-order valence-corrected chi connectivity index (χ1v) is 12.2. The molecular weight excluding hydrogens is 438 g/mol. The van der Waals surface area contributed by atoms with Gasteiger partial charge in [0.2, 0.25) is 5.91 Å². The van der Waals surface area contributed by atoms with E-state index < -0.39 is 0 Å². The third-order valence-electron chi connectivity index (χ3n) is 6.34. The molecule has 3 aromatic rings. The lowest BCUT2D eigenvalue weighted by atomic mass is 9.95. The third-order valence-corrected chi connectivity index (χ3v) is 6.34. The van der Waals surface area contributed by atoms with E-state index in [4.69, 9.17) is 0 Å². The number of aryl methyl sites for hydroxylation is 1. The lowest BCUT2D eigenvalue weighted by Gasteiger charge is -2.31. The molecule has 0 aromatic heterocycles. The predicted molar refractivity (Wildman–Crippen MR) is 137 cm³/mol. The molecule has 0 aliphatic carbocycles. The van der Waals surface area contributed by atoms with Gasteiger partial charge in [-0.3, -0.25) is 14.4 Å². The van der Waals surface area contributed by atoms with Gasteiger partial charge in [-0.25, -0.2) is 0 Å². The van der Waals surface area contributed by atoms with E-state index >= 15 is 0 Å². The Balaban J connectivity index is 1.23. The van der Waals surface area contributed by atoms with Crippen molar-refractivity contribution in [1.82, 2.24) is 10.2 Å². The number of nitrogens with zero attached hydrogens (tertiary/aromatic N) is 1. The standard InChI is InChI=1S/C29H31N3O3/c33-27(30-18-8-11-22-9-3-1-4-10-22)24-16-19-32(20-17-24)29(35)25-14-7-15-26(21-25)31-28(34)23-12-5-2-6-13-23/h1-7,9-10,12-15,21,24H,8,11,16-20H2,(H,30,33)(H,31,34). The molecule has 2 N–H and O–H groups in total. The normalized spacial score (nSPS) is 13.8. The summed E-state index contributed by atoms with van der Waals surface area (Å²) in [7, 11) is 0. The van der Waals surface area contributed by atoms with E-state index in [0.29, 0.717) is 49.3 Å². The highest BCUT2D eigenvalue weighted by Gasteiger charge is 2.27. The van der Waals surface area contributed by atoms with Crippen molar-refractivity contribution >= 4 is 23.4 Å². The van der Waals surface area contributed by atoms with E-state index in [1.165, 1.54) is 5.56 Å². The van der Waals surface area contributed by atoms with Crippen LogP contribution in [0.25, 0.3) is 0 Å². The van der Waals surface area contributed by atoms with Crippen molar-refractivity contribution in [1.29, 1.82) is 0 Å². The van der Waals surface area contributed by atoms with Gasteiger partial charge < -0.3 is 15.5 Å². The Morgan fingerprint density at radius 1 is 0.800 bits per heavy atom. The molecule has 0 spiro atoms. The summed E-state index contributed by atoms with van der Waals surface area (Å²) in [6, 6.07) is 26.2. The van der Waals surface area contributed by atoms with Gasteiger partial charge in [-0.05, 0) is 61.6 Å². The highest BCUT2D eigenvalue weighted by Crippen LogP contribution is 2.21. The Bertz CT molecular complexity index is 1140. The molecule has 35 heavy (non-hydrogen) atoms. The molecule has 6 nitrogen and oxygen atoms in total. The first-order chi connectivity index (χ1) is 17.1. The number of hydrogen-bond donors (Lipinski definition) is 2. The predicted octanol–water partition coefficient (Wildman–Crippen LogP) is 4.54. The van der Waals surface area contributed by atoms with Crippen LogP contribution in [0.1, 0.15) is 45.5 Å². The van der Waals surface area contributed by atoms with Crippen molar-refractivity contribution in [2.45, 2.75) is 25.7 Å². The molecule has 0 unspecified atom stereocenters. The second kappa shape index (κ2) is 12.0. The van der Waals surface area contributed by atoms with Crippen molar-refractivity contribution in [2.75, 3.05) is 25.0 Å². The fourth-order valence-electron chi connectivity index (χ4n) is 4.34. The molecule has 0 bridgehead atoms. The molecule has 3 amide bonds. The first kappa shape index (κ1) is 24.2. The van der Waals surface area contributed by atoms with Gasteiger partial charge in [0.05, 0.1) is 0 Å². The molecular formula is C29H31N3O3. The summed E-state index contributed by atoms with van der Waals surface area (Å²) in [5.41, 5.74) is 2.94. The molecule has 4 rings (SSSR count). The summed E-state index contributed by atoms with van der Waals surface area (Å²) >= 11 is 0. The van der Waals surface area contributed by atoms with Gasteiger partial charge >= 0.3 is 0 Å². The second-order valence-electron chi connectivity index (χ2n) is 8.85. The number of nitrogens with one attached hydrogen (secondary N) is 2. The smallest absolute Gasteiger partial charge is 0.255 e. The van der Waals surface area contributed by atoms with E-state index in [9.17, 15) is 14.4 Å². The molecule has 1 heterocycles. The maximum absolute atomic E-state index is 13.0.